The van der Waals surface area contributed by atoms with E-state index in [-0.39, 0.29) is 18.3 Å². The summed E-state index contributed by atoms with van der Waals surface area (Å²) in [6, 6.07) is 27.3. The van der Waals surface area contributed by atoms with Gasteiger partial charge in [0.25, 0.3) is 0 Å². The minimum absolute atomic E-state index is 0.337. The number of aromatic amines is 4. The van der Waals surface area contributed by atoms with E-state index >= 15 is 0 Å². The molecule has 0 bridgehead atoms. The van der Waals surface area contributed by atoms with Crippen molar-refractivity contribution in [2.45, 2.75) is 134 Å². The maximum Gasteiger partial charge on any atom is 0.497 e. The van der Waals surface area contributed by atoms with Crippen LogP contribution in [0.15, 0.2) is 136 Å². The predicted octanol–water partition coefficient (Wildman–Crippen LogP) is 20.6. The summed E-state index contributed by atoms with van der Waals surface area (Å²) in [5.74, 6) is 0. The van der Waals surface area contributed by atoms with E-state index in [0.717, 1.165) is 163 Å². The average Bonchev–Trinajstić information content (AvgIpc) is 1.63. The van der Waals surface area contributed by atoms with Gasteiger partial charge in [-0.15, -0.1) is 0 Å². The van der Waals surface area contributed by atoms with Crippen LogP contribution in [0.2, 0.25) is 15.1 Å². The molecule has 0 spiro atoms. The Morgan fingerprint density at radius 3 is 1.32 bits per heavy atom. The lowest BCUT2D eigenvalue weighted by atomic mass is 9.78. The molecule has 4 aromatic carbocycles. The molecule has 5 aliphatic rings. The highest BCUT2D eigenvalue weighted by Crippen LogP contribution is 2.44. The number of rotatable bonds is 10. The van der Waals surface area contributed by atoms with Crippen molar-refractivity contribution in [2.75, 3.05) is 83.2 Å². The molecule has 34 heteroatoms. The van der Waals surface area contributed by atoms with Gasteiger partial charge >= 0.3 is 7.12 Å². The molecular weight excluding hydrogens is 1740 g/mol. The maximum absolute atomic E-state index is 6.31. The second-order valence-corrected chi connectivity index (χ2v) is 39.6. The van der Waals surface area contributed by atoms with Crippen molar-refractivity contribution in [3.05, 3.63) is 146 Å². The number of nitrogens with one attached hydrogen (secondary N) is 4. The van der Waals surface area contributed by atoms with Crippen LogP contribution in [0, 0.1) is 0 Å². The Kier molecular flexibility index (Phi) is 25.3. The van der Waals surface area contributed by atoms with Crippen molar-refractivity contribution in [3.8, 4) is 26.8 Å². The van der Waals surface area contributed by atoms with Crippen LogP contribution in [0.5, 0.6) is 0 Å². The number of allylic oxidation sites excluding steroid dienone is 1. The zero-order valence-corrected chi connectivity index (χ0v) is 75.9. The Morgan fingerprint density at radius 2 is 0.886 bits per heavy atom. The zero-order chi connectivity index (χ0) is 80.0. The SMILES string of the molecule is C1=CCN=C1.CC1(C)OB(c2ccc(Cl)c3cc[nH]c23)OC1(C)C.CC1CC(N(C)c2nc3sc(-c4ccc(-n5nccn5)c5cc[nH]c45)nc3s2)CCN1C.CC1CC(N(C)c2nc3sc(-c4ccc(Cl)c5cc[nH]c45)nc3s2)CCN1C.CC1CC(N(C)c2nc3sc(Br)nc3s2)CCN1C.Clc1ccc(Br)c2[nH]ccc12. The van der Waals surface area contributed by atoms with Crippen molar-refractivity contribution in [3.63, 3.8) is 0 Å². The van der Waals surface area contributed by atoms with Gasteiger partial charge in [-0.2, -0.15) is 15.0 Å². The summed E-state index contributed by atoms with van der Waals surface area (Å²) in [6.45, 7) is 19.5. The number of piperidine rings is 3. The molecule has 114 heavy (non-hydrogen) atoms. The molecule has 4 saturated heterocycles. The van der Waals surface area contributed by atoms with Crippen LogP contribution < -0.4 is 20.2 Å². The number of thiazole rings is 6. The van der Waals surface area contributed by atoms with Crippen molar-refractivity contribution >= 4 is 241 Å². The molecule has 6 atom stereocenters. The molecule has 22 nitrogen and oxygen atoms in total. The molecule has 11 aromatic heterocycles. The van der Waals surface area contributed by atoms with E-state index in [2.05, 4.69) is 210 Å². The standard InChI is InChI=1S/C22H24N8S2.C20H22ClN5S2.C14H17BClNO2.C12H17BrN4S2.C8H5BrClN.C4H5N/c1-13-12-14(7-11-28(13)2)29(3)22-27-21-20(32-22)26-19(31-21)16-4-5-17(30-24-9-10-25-30)15-6-8-23-18(15)16;1-11-10-12(7-9-25(11)2)26(3)20-24-19-18(28-20)23-17(27-19)14-4-5-15(21)13-6-8-22-16(13)14;1-13(2)14(3,4)19-15(18-13)10-5-6-11(16)9-7-8-17-12(9)10;1-7-6-8(4-5-16(7)2)17(3)12-15-10-9(19-12)14-11(13)18-10;9-6-1-2-7(10)5-3-4-11-8(5)6;1-2-4-5-3-1/h4-6,8-10,13-14,23H,7,11-12H2,1-3H3;4-6,8,11-12,22H,7,9-10H2,1-3H3;5-8,17H,1-4H3;7-8H,4-6H2,1-3H3;1-4,11H;1-3H,4H2. The molecule has 16 heterocycles. The normalized spacial score (nSPS) is 20.2. The summed E-state index contributed by atoms with van der Waals surface area (Å²) in [5, 5.41) is 20.2. The lowest BCUT2D eigenvalue weighted by molar-refractivity contribution is 0.00578. The van der Waals surface area contributed by atoms with Gasteiger partial charge in [-0.1, -0.05) is 115 Å². The number of likely N-dealkylation sites (tertiary alicyclic amines) is 3. The molecule has 6 unspecified atom stereocenters. The van der Waals surface area contributed by atoms with E-state index in [0.29, 0.717) is 36.3 Å². The minimum atomic E-state index is -0.372. The molecule has 0 aliphatic carbocycles. The number of halogens is 5. The number of H-pyrrole nitrogens is 4. The predicted molar refractivity (Wildman–Crippen MR) is 491 cm³/mol. The Bertz CT molecular complexity index is 5740. The number of hydrogen-bond donors (Lipinski definition) is 4. The first-order chi connectivity index (χ1) is 54.7. The lowest BCUT2D eigenvalue weighted by Crippen LogP contribution is -2.46. The molecule has 4 fully saturated rings. The first-order valence-corrected chi connectivity index (χ1v) is 45.5. The number of aromatic nitrogens is 13. The van der Waals surface area contributed by atoms with Crippen molar-refractivity contribution in [2.24, 2.45) is 4.99 Å². The quantitative estimate of drug-likeness (QED) is 0.0935. The van der Waals surface area contributed by atoms with Gasteiger partial charge in [0.05, 0.1) is 57.4 Å². The summed E-state index contributed by atoms with van der Waals surface area (Å²) in [4.78, 5) is 67.8. The van der Waals surface area contributed by atoms with E-state index in [1.54, 1.807) is 91.4 Å². The average molecular weight is 1830 g/mol. The van der Waals surface area contributed by atoms with Gasteiger partial charge in [0, 0.05) is 166 Å². The van der Waals surface area contributed by atoms with E-state index in [1.165, 1.54) is 45.1 Å². The smallest absolute Gasteiger partial charge is 0.399 e. The summed E-state index contributed by atoms with van der Waals surface area (Å²) >= 11 is 35.2. The largest absolute Gasteiger partial charge is 0.497 e. The topological polar surface area (TPSA) is 221 Å². The van der Waals surface area contributed by atoms with Gasteiger partial charge in [0.1, 0.15) is 10.0 Å². The van der Waals surface area contributed by atoms with E-state index in [1.807, 2.05) is 91.5 Å². The monoisotopic (exact) mass is 1830 g/mol. The molecule has 5 aliphatic heterocycles. The van der Waals surface area contributed by atoms with Gasteiger partial charge in [-0.05, 0) is 213 Å². The number of nitrogens with zero attached hydrogens (tertiary/aromatic N) is 16. The molecule has 4 N–H and O–H groups in total. The molecule has 0 amide bonds. The molecule has 0 radical (unpaired) electrons. The second-order valence-electron chi connectivity index (χ2n) is 30.5. The van der Waals surface area contributed by atoms with Crippen LogP contribution in [0.25, 0.3) is 99.4 Å². The molecular formula is C80H90BBr2Cl3N20O2S6. The van der Waals surface area contributed by atoms with E-state index in [9.17, 15) is 0 Å². The molecule has 20 rings (SSSR count). The van der Waals surface area contributed by atoms with Gasteiger partial charge in [0.15, 0.2) is 48.3 Å². The second kappa shape index (κ2) is 35.0. The Morgan fingerprint density at radius 1 is 0.482 bits per heavy atom. The van der Waals surface area contributed by atoms with Gasteiger partial charge in [0.2, 0.25) is 0 Å². The van der Waals surface area contributed by atoms with Gasteiger partial charge in [-0.3, -0.25) is 4.99 Å². The highest BCUT2D eigenvalue weighted by atomic mass is 79.9. The Balaban J connectivity index is 0.000000114. The third-order valence-corrected chi connectivity index (χ3v) is 31.3. The number of fused-ring (bicyclic) bond motifs is 7. The highest BCUT2D eigenvalue weighted by Gasteiger charge is 2.52. The first kappa shape index (κ1) is 82.4. The first-order valence-electron chi connectivity index (χ1n) is 37.9. The summed E-state index contributed by atoms with van der Waals surface area (Å²) in [6.07, 6.45) is 23.9. The van der Waals surface area contributed by atoms with Crippen LogP contribution in [0.4, 0.5) is 15.4 Å². The van der Waals surface area contributed by atoms with Crippen molar-refractivity contribution < 1.29 is 9.31 Å². The molecule has 15 aromatic rings. The lowest BCUT2D eigenvalue weighted by Gasteiger charge is -2.39. The van der Waals surface area contributed by atoms with Crippen LogP contribution in [0.3, 0.4) is 0 Å². The summed E-state index contributed by atoms with van der Waals surface area (Å²) < 4.78 is 14.1. The Hall–Kier alpha value is -6.76. The molecule has 0 saturated carbocycles. The summed E-state index contributed by atoms with van der Waals surface area (Å²) in [7, 11) is 12.8. The van der Waals surface area contributed by atoms with Crippen LogP contribution in [0.1, 0.15) is 87.0 Å². The van der Waals surface area contributed by atoms with Crippen molar-refractivity contribution in [1.29, 1.82) is 0 Å². The third kappa shape index (κ3) is 17.6. The Labute approximate surface area is 718 Å². The van der Waals surface area contributed by atoms with Crippen LogP contribution in [-0.2, 0) is 9.31 Å². The maximum atomic E-state index is 6.31. The van der Waals surface area contributed by atoms with E-state index < -0.39 is 0 Å². The van der Waals surface area contributed by atoms with E-state index in [4.69, 9.17) is 69.0 Å². The number of aliphatic imine (C=N–C) groups is 1. The zero-order valence-electron chi connectivity index (χ0n) is 65.5. The van der Waals surface area contributed by atoms with Crippen LogP contribution >= 0.6 is 135 Å². The minimum Gasteiger partial charge on any atom is -0.399 e. The third-order valence-electron chi connectivity index (χ3n) is 22.8. The fraction of sp³-hybridized carbons (Fsp3) is 0.388. The van der Waals surface area contributed by atoms with Gasteiger partial charge < -0.3 is 58.6 Å². The molecule has 596 valence electrons. The number of benzene rings is 4. The van der Waals surface area contributed by atoms with Crippen LogP contribution in [-0.4, -0.2) is 209 Å². The highest BCUT2D eigenvalue weighted by molar-refractivity contribution is 9.11. The number of anilines is 3. The fourth-order valence-corrected chi connectivity index (χ4v) is 22.6. The van der Waals surface area contributed by atoms with Crippen molar-refractivity contribution in [1.82, 2.24) is 79.5 Å². The summed E-state index contributed by atoms with van der Waals surface area (Å²) in [5.41, 5.74) is 7.53. The fourth-order valence-electron chi connectivity index (χ4n) is 14.7. The number of hydrogen-bond acceptors (Lipinski definition) is 23. The van der Waals surface area contributed by atoms with Gasteiger partial charge in [-0.25, -0.2) is 29.9 Å².